The van der Waals surface area contributed by atoms with E-state index in [9.17, 15) is 5.11 Å². The fourth-order valence-electron chi connectivity index (χ4n) is 8.28. The molecule has 4 aromatic heterocycles. The van der Waals surface area contributed by atoms with Gasteiger partial charge in [0.2, 0.25) is 0 Å². The Labute approximate surface area is 334 Å². The molecule has 2 aliphatic heterocycles. The van der Waals surface area contributed by atoms with Crippen molar-refractivity contribution < 1.29 is 14.6 Å². The summed E-state index contributed by atoms with van der Waals surface area (Å²) < 4.78 is 11.8. The molecule has 0 saturated carbocycles. The maximum atomic E-state index is 11.3. The molecule has 2 fully saturated rings. The van der Waals surface area contributed by atoms with Crippen LogP contribution in [0.1, 0.15) is 97.8 Å². The lowest BCUT2D eigenvalue weighted by Gasteiger charge is -2.17. The zero-order valence-corrected chi connectivity index (χ0v) is 33.1. The predicted octanol–water partition coefficient (Wildman–Crippen LogP) is 6.91. The van der Waals surface area contributed by atoms with Crippen LogP contribution in [0.15, 0.2) is 60.9 Å². The average Bonchev–Trinajstić information content (AvgIpc) is 4.05. The molecule has 0 bridgehead atoms. The van der Waals surface area contributed by atoms with Crippen molar-refractivity contribution in [2.75, 3.05) is 50.9 Å². The molecule has 2 aliphatic rings. The van der Waals surface area contributed by atoms with Crippen molar-refractivity contribution in [3.63, 3.8) is 0 Å². The van der Waals surface area contributed by atoms with Gasteiger partial charge in [0, 0.05) is 49.6 Å². The number of ether oxygens (including phenoxy) is 2. The number of aromatic amines is 2. The number of aliphatic hydroxyl groups is 1. The van der Waals surface area contributed by atoms with Crippen LogP contribution in [0, 0.1) is 5.92 Å². The van der Waals surface area contributed by atoms with Gasteiger partial charge >= 0.3 is 12.0 Å². The highest BCUT2D eigenvalue weighted by atomic mass is 16.5. The van der Waals surface area contributed by atoms with E-state index in [1.165, 1.54) is 49.0 Å². The molecule has 13 heteroatoms. The molecule has 2 unspecified atom stereocenters. The highest BCUT2D eigenvalue weighted by molar-refractivity contribution is 5.89. The summed E-state index contributed by atoms with van der Waals surface area (Å²) >= 11 is 0. The van der Waals surface area contributed by atoms with Crippen LogP contribution in [-0.2, 0) is 19.5 Å². The van der Waals surface area contributed by atoms with E-state index in [0.717, 1.165) is 86.9 Å². The number of unbranched alkanes of at least 4 members (excludes halogenated alkanes) is 2. The normalized spacial score (nSPS) is 16.9. The molecule has 0 aliphatic carbocycles. The van der Waals surface area contributed by atoms with E-state index in [0.29, 0.717) is 53.4 Å². The first-order chi connectivity index (χ1) is 27.9. The molecular weight excluding hydrogens is 717 g/mol. The lowest BCUT2D eigenvalue weighted by atomic mass is 10.0. The monoisotopic (exact) mass is 772 g/mol. The highest BCUT2D eigenvalue weighted by Crippen LogP contribution is 2.32. The van der Waals surface area contributed by atoms with Gasteiger partial charge in [0.15, 0.2) is 11.6 Å². The van der Waals surface area contributed by atoms with Crippen molar-refractivity contribution in [2.45, 2.75) is 83.9 Å². The summed E-state index contributed by atoms with van der Waals surface area (Å²) in [5.74, 6) is 1.38. The van der Waals surface area contributed by atoms with E-state index in [1.807, 2.05) is 18.3 Å². The molecule has 300 valence electrons. The van der Waals surface area contributed by atoms with Crippen LogP contribution in [0.25, 0.3) is 22.1 Å². The van der Waals surface area contributed by atoms with Gasteiger partial charge in [-0.2, -0.15) is 19.9 Å². The fourth-order valence-corrected chi connectivity index (χ4v) is 8.28. The van der Waals surface area contributed by atoms with E-state index < -0.39 is 6.10 Å². The topological polar surface area (TPSA) is 180 Å². The Morgan fingerprint density at radius 3 is 2.07 bits per heavy atom. The molecule has 13 nitrogen and oxygen atoms in total. The van der Waals surface area contributed by atoms with Gasteiger partial charge in [0.1, 0.15) is 28.2 Å². The van der Waals surface area contributed by atoms with Crippen molar-refractivity contribution in [1.82, 2.24) is 39.7 Å². The van der Waals surface area contributed by atoms with Crippen molar-refractivity contribution >= 4 is 33.7 Å². The predicted molar refractivity (Wildman–Crippen MR) is 224 cm³/mol. The first-order valence-corrected chi connectivity index (χ1v) is 20.7. The molecule has 7 N–H and O–H groups in total. The van der Waals surface area contributed by atoms with Gasteiger partial charge < -0.3 is 36.0 Å². The van der Waals surface area contributed by atoms with Crippen molar-refractivity contribution in [2.24, 2.45) is 5.92 Å². The van der Waals surface area contributed by atoms with Crippen molar-refractivity contribution in [3.8, 4) is 12.0 Å². The minimum absolute atomic E-state index is 0.231. The number of nitrogens with zero attached hydrogens (tertiary/aromatic N) is 6. The number of nitrogens with two attached hydrogens (primary N) is 2. The van der Waals surface area contributed by atoms with E-state index in [1.54, 1.807) is 6.20 Å². The summed E-state index contributed by atoms with van der Waals surface area (Å²) in [5.41, 5.74) is 21.6. The summed E-state index contributed by atoms with van der Waals surface area (Å²) in [7, 11) is 0. The molecule has 2 saturated heterocycles. The van der Waals surface area contributed by atoms with Gasteiger partial charge in [0.25, 0.3) is 0 Å². The quantitative estimate of drug-likeness (QED) is 0.0573. The maximum absolute atomic E-state index is 11.3. The number of hydrogen-bond acceptors (Lipinski definition) is 11. The second-order valence-corrected chi connectivity index (χ2v) is 15.8. The Bertz CT molecular complexity index is 2230. The van der Waals surface area contributed by atoms with Crippen molar-refractivity contribution in [3.05, 3.63) is 94.3 Å². The maximum Gasteiger partial charge on any atom is 0.319 e. The number of benzene rings is 2. The van der Waals surface area contributed by atoms with Crippen LogP contribution in [-0.4, -0.2) is 84.2 Å². The zero-order chi connectivity index (χ0) is 39.1. The number of anilines is 2. The van der Waals surface area contributed by atoms with Crippen LogP contribution in [0.4, 0.5) is 11.6 Å². The number of fused-ring (bicyclic) bond motifs is 2. The molecule has 0 amide bonds. The van der Waals surface area contributed by atoms with Crippen LogP contribution in [0.3, 0.4) is 0 Å². The Morgan fingerprint density at radius 2 is 1.35 bits per heavy atom. The summed E-state index contributed by atoms with van der Waals surface area (Å²) in [5, 5.41) is 11.3. The van der Waals surface area contributed by atoms with Crippen LogP contribution in [0.2, 0.25) is 0 Å². The average molecular weight is 773 g/mol. The Balaban J connectivity index is 0.777. The number of aromatic nitrogens is 6. The lowest BCUT2D eigenvalue weighted by molar-refractivity contribution is 0.221. The molecule has 8 rings (SSSR count). The SMILES string of the molecule is CCCCOc1nc(N)c2[nH]cc(C(O)c3ccc(CN4CCC(CCCCOc5nc(N)c6[nH]cc(Cc7ccc(CN8CCCC8)cc7)c6n5)C4)cc3)c2n1. The largest absolute Gasteiger partial charge is 0.463 e. The Morgan fingerprint density at radius 1 is 0.737 bits per heavy atom. The second kappa shape index (κ2) is 17.9. The third-order valence-corrected chi connectivity index (χ3v) is 11.5. The standard InChI is InChI=1S/C44H56N10O3/c1-2-3-21-56-44-50-37-35(25-48-39(37)42(46)52-44)40(55)33-15-13-32(14-16-33)28-54-20-17-30(27-54)8-4-7-22-57-43-49-36-34(24-47-38(36)41(45)51-43)23-29-9-11-31(12-10-29)26-53-18-5-6-19-53/h9-16,24-25,30,40,47-48,55H,2-8,17-23,26-28H2,1H3,(H2,45,49,51)(H2,46,50,52). The Hall–Kier alpha value is -5.24. The summed E-state index contributed by atoms with van der Waals surface area (Å²) in [6.07, 6.45) is 12.6. The van der Waals surface area contributed by atoms with Gasteiger partial charge in [-0.25, -0.2) is 0 Å². The van der Waals surface area contributed by atoms with E-state index in [2.05, 4.69) is 78.0 Å². The fraction of sp³-hybridized carbons (Fsp3) is 0.455. The highest BCUT2D eigenvalue weighted by Gasteiger charge is 2.23. The van der Waals surface area contributed by atoms with E-state index in [4.69, 9.17) is 25.9 Å². The minimum atomic E-state index is -0.860. The van der Waals surface area contributed by atoms with Crippen LogP contribution < -0.4 is 20.9 Å². The molecule has 2 atom stereocenters. The summed E-state index contributed by atoms with van der Waals surface area (Å²) in [4.78, 5) is 29.5. The zero-order valence-electron chi connectivity index (χ0n) is 33.1. The number of nitrogen functional groups attached to an aromatic ring is 2. The number of H-pyrrole nitrogens is 2. The molecule has 0 radical (unpaired) electrons. The lowest BCUT2D eigenvalue weighted by Crippen LogP contribution is -2.20. The third kappa shape index (κ3) is 9.33. The van der Waals surface area contributed by atoms with E-state index in [-0.39, 0.29) is 6.01 Å². The van der Waals surface area contributed by atoms with Gasteiger partial charge in [-0.15, -0.1) is 0 Å². The second-order valence-electron chi connectivity index (χ2n) is 15.8. The first-order valence-electron chi connectivity index (χ1n) is 20.7. The summed E-state index contributed by atoms with van der Waals surface area (Å²) in [6.45, 7) is 9.66. The van der Waals surface area contributed by atoms with Crippen molar-refractivity contribution in [1.29, 1.82) is 0 Å². The Kier molecular flexibility index (Phi) is 12.1. The molecule has 6 aromatic rings. The smallest absolute Gasteiger partial charge is 0.319 e. The van der Waals surface area contributed by atoms with Gasteiger partial charge in [-0.3, -0.25) is 9.80 Å². The van der Waals surface area contributed by atoms with Crippen LogP contribution in [0.5, 0.6) is 12.0 Å². The number of aliphatic hydroxyl groups excluding tert-OH is 1. The number of rotatable bonds is 18. The van der Waals surface area contributed by atoms with Crippen LogP contribution >= 0.6 is 0 Å². The van der Waals surface area contributed by atoms with Gasteiger partial charge in [-0.05, 0) is 92.8 Å². The minimum Gasteiger partial charge on any atom is -0.463 e. The first kappa shape index (κ1) is 38.6. The number of nitrogens with one attached hydrogen (secondary N) is 2. The number of likely N-dealkylation sites (tertiary alicyclic amines) is 2. The summed E-state index contributed by atoms with van der Waals surface area (Å²) in [6, 6.07) is 17.7. The molecule has 57 heavy (non-hydrogen) atoms. The van der Waals surface area contributed by atoms with E-state index >= 15 is 0 Å². The van der Waals surface area contributed by atoms with Gasteiger partial charge in [-0.1, -0.05) is 61.9 Å². The van der Waals surface area contributed by atoms with Gasteiger partial charge in [0.05, 0.1) is 13.2 Å². The molecular formula is C44H56N10O3. The molecule has 0 spiro atoms. The number of hydrogen-bond donors (Lipinski definition) is 5. The molecule has 2 aromatic carbocycles. The molecule has 6 heterocycles. The third-order valence-electron chi connectivity index (χ3n) is 11.5.